The summed E-state index contributed by atoms with van der Waals surface area (Å²) in [5, 5.41) is 2.59. The molecule has 0 saturated carbocycles. The van der Waals surface area contributed by atoms with E-state index in [9.17, 15) is 0 Å². The van der Waals surface area contributed by atoms with Crippen molar-refractivity contribution in [1.82, 2.24) is 4.57 Å². The Balaban J connectivity index is 1.92. The summed E-state index contributed by atoms with van der Waals surface area (Å²) >= 11 is 0. The molecular formula is C16H14N. The van der Waals surface area contributed by atoms with E-state index >= 15 is 0 Å². The maximum atomic E-state index is 3.90. The number of hydrogen-bond acceptors (Lipinski definition) is 0. The van der Waals surface area contributed by atoms with Crippen molar-refractivity contribution < 1.29 is 0 Å². The fourth-order valence-electron chi connectivity index (χ4n) is 2.09. The van der Waals surface area contributed by atoms with Crippen molar-refractivity contribution in [2.24, 2.45) is 0 Å². The Morgan fingerprint density at radius 1 is 0.824 bits per heavy atom. The lowest BCUT2D eigenvalue weighted by molar-refractivity contribution is 0.810. The lowest BCUT2D eigenvalue weighted by atomic mass is 10.1. The fraction of sp³-hybridized carbons (Fsp3) is 0.0625. The summed E-state index contributed by atoms with van der Waals surface area (Å²) in [5.74, 6) is 0. The van der Waals surface area contributed by atoms with Gasteiger partial charge in [-0.15, -0.1) is 0 Å². The largest absolute Gasteiger partial charge is 0.349 e. The maximum absolute atomic E-state index is 3.90. The zero-order chi connectivity index (χ0) is 11.7. The third-order valence-corrected chi connectivity index (χ3v) is 2.99. The van der Waals surface area contributed by atoms with Gasteiger partial charge in [-0.25, -0.2) is 0 Å². The lowest BCUT2D eigenvalue weighted by Gasteiger charge is -2.03. The molecule has 2 aromatic carbocycles. The average Bonchev–Trinajstić information content (AvgIpc) is 2.74. The van der Waals surface area contributed by atoms with E-state index in [0.29, 0.717) is 0 Å². The number of benzene rings is 2. The summed E-state index contributed by atoms with van der Waals surface area (Å²) in [6.07, 6.45) is 4.38. The minimum atomic E-state index is 0.912. The van der Waals surface area contributed by atoms with Gasteiger partial charge in [0.05, 0.1) is 0 Å². The summed E-state index contributed by atoms with van der Waals surface area (Å²) in [7, 11) is 0. The topological polar surface area (TPSA) is 4.93 Å². The predicted molar refractivity (Wildman–Crippen MR) is 71.9 cm³/mol. The molecule has 0 aliphatic carbocycles. The second-order valence-electron chi connectivity index (χ2n) is 4.38. The number of hydrogen-bond donors (Lipinski definition) is 0. The molecule has 0 aliphatic heterocycles. The van der Waals surface area contributed by atoms with Crippen LogP contribution < -0.4 is 0 Å². The number of rotatable bonds is 2. The van der Waals surface area contributed by atoms with E-state index in [1.54, 1.807) is 0 Å². The van der Waals surface area contributed by atoms with Gasteiger partial charge in [0, 0.05) is 18.9 Å². The first-order valence-corrected chi connectivity index (χ1v) is 5.77. The molecule has 0 saturated heterocycles. The Kier molecular flexibility index (Phi) is 2.45. The van der Waals surface area contributed by atoms with Crippen LogP contribution >= 0.6 is 0 Å². The summed E-state index contributed by atoms with van der Waals surface area (Å²) in [5.41, 5.74) is 2.36. The number of aromatic nitrogens is 1. The highest BCUT2D eigenvalue weighted by Crippen LogP contribution is 2.16. The molecule has 17 heavy (non-hydrogen) atoms. The van der Waals surface area contributed by atoms with Gasteiger partial charge < -0.3 is 4.57 Å². The molecule has 0 bridgehead atoms. The van der Waals surface area contributed by atoms with Gasteiger partial charge in [0.1, 0.15) is 0 Å². The van der Waals surface area contributed by atoms with E-state index in [2.05, 4.69) is 72.4 Å². The smallest absolute Gasteiger partial charge is 0.0470 e. The van der Waals surface area contributed by atoms with Crippen LogP contribution in [0.5, 0.6) is 0 Å². The van der Waals surface area contributed by atoms with Crippen molar-refractivity contribution in [3.63, 3.8) is 0 Å². The Morgan fingerprint density at radius 3 is 2.00 bits per heavy atom. The molecule has 1 heterocycles. The van der Waals surface area contributed by atoms with Crippen LogP contribution in [0.4, 0.5) is 0 Å². The van der Waals surface area contributed by atoms with Gasteiger partial charge in [-0.1, -0.05) is 48.5 Å². The van der Waals surface area contributed by atoms with Crippen LogP contribution in [0.2, 0.25) is 0 Å². The monoisotopic (exact) mass is 220 g/mol. The van der Waals surface area contributed by atoms with E-state index in [0.717, 1.165) is 12.1 Å². The van der Waals surface area contributed by atoms with Crippen molar-refractivity contribution in [2.45, 2.75) is 6.54 Å². The highest BCUT2D eigenvalue weighted by Gasteiger charge is 1.98. The van der Waals surface area contributed by atoms with Gasteiger partial charge in [0.15, 0.2) is 0 Å². The van der Waals surface area contributed by atoms with Crippen molar-refractivity contribution in [1.29, 1.82) is 0 Å². The first-order chi connectivity index (χ1) is 8.31. The van der Waals surface area contributed by atoms with Gasteiger partial charge in [0.25, 0.3) is 0 Å². The molecule has 0 spiro atoms. The molecular weight excluding hydrogens is 206 g/mol. The van der Waals surface area contributed by atoms with Crippen LogP contribution in [-0.4, -0.2) is 4.57 Å². The quantitative estimate of drug-likeness (QED) is 0.617. The van der Waals surface area contributed by atoms with Crippen LogP contribution in [0, 0.1) is 6.92 Å². The molecule has 83 valence electrons. The molecule has 0 fully saturated rings. The molecule has 0 atom stereocenters. The Hall–Kier alpha value is -2.02. The maximum Gasteiger partial charge on any atom is 0.0470 e. The van der Waals surface area contributed by atoms with Crippen LogP contribution in [0.15, 0.2) is 60.9 Å². The summed E-state index contributed by atoms with van der Waals surface area (Å²) in [6.45, 7) is 4.81. The zero-order valence-corrected chi connectivity index (χ0v) is 9.63. The first-order valence-electron chi connectivity index (χ1n) is 5.77. The highest BCUT2D eigenvalue weighted by atomic mass is 14.9. The molecule has 0 aliphatic rings. The minimum Gasteiger partial charge on any atom is -0.349 e. The molecule has 1 radical (unpaired) electrons. The fourth-order valence-corrected chi connectivity index (χ4v) is 2.09. The van der Waals surface area contributed by atoms with Crippen molar-refractivity contribution in [3.8, 4) is 0 Å². The van der Waals surface area contributed by atoms with Crippen LogP contribution in [-0.2, 0) is 6.54 Å². The second-order valence-corrected chi connectivity index (χ2v) is 4.38. The van der Waals surface area contributed by atoms with E-state index in [-0.39, 0.29) is 0 Å². The van der Waals surface area contributed by atoms with Gasteiger partial charge in [-0.2, -0.15) is 0 Å². The summed E-state index contributed by atoms with van der Waals surface area (Å²) < 4.78 is 2.22. The molecule has 3 rings (SSSR count). The molecule has 3 aromatic rings. The zero-order valence-electron chi connectivity index (χ0n) is 9.63. The SMILES string of the molecule is [CH2]c1ccc(Cn2cc3ccccc3c2)cc1. The molecule has 1 aromatic heterocycles. The van der Waals surface area contributed by atoms with Crippen LogP contribution in [0.3, 0.4) is 0 Å². The Labute approximate surface area is 101 Å². The Bertz CT molecular complexity index is 599. The van der Waals surface area contributed by atoms with Crippen LogP contribution in [0.1, 0.15) is 11.1 Å². The predicted octanol–water partition coefficient (Wildman–Crippen LogP) is 3.87. The normalized spacial score (nSPS) is 10.9. The van der Waals surface area contributed by atoms with Gasteiger partial charge in [-0.05, 0) is 28.8 Å². The molecule has 1 nitrogen and oxygen atoms in total. The summed E-state index contributed by atoms with van der Waals surface area (Å²) in [4.78, 5) is 0. The van der Waals surface area contributed by atoms with E-state index in [1.807, 2.05) is 0 Å². The van der Waals surface area contributed by atoms with E-state index in [1.165, 1.54) is 16.3 Å². The molecule has 0 N–H and O–H groups in total. The standard InChI is InChI=1S/C16H14N/c1-13-6-8-14(9-7-13)10-17-11-15-4-2-3-5-16(15)12-17/h2-9,11-12H,1,10H2. The van der Waals surface area contributed by atoms with Crippen molar-refractivity contribution in [2.75, 3.05) is 0 Å². The van der Waals surface area contributed by atoms with Gasteiger partial charge >= 0.3 is 0 Å². The van der Waals surface area contributed by atoms with Gasteiger partial charge in [0.2, 0.25) is 0 Å². The first kappa shape index (κ1) is 10.2. The molecule has 1 heteroatoms. The minimum absolute atomic E-state index is 0.912. The van der Waals surface area contributed by atoms with Crippen molar-refractivity contribution >= 4 is 10.8 Å². The number of fused-ring (bicyclic) bond motifs is 1. The molecule has 0 unspecified atom stereocenters. The number of nitrogens with zero attached hydrogens (tertiary/aromatic N) is 1. The highest BCUT2D eigenvalue weighted by molar-refractivity contribution is 5.82. The third-order valence-electron chi connectivity index (χ3n) is 2.99. The second kappa shape index (κ2) is 4.10. The summed E-state index contributed by atoms with van der Waals surface area (Å²) in [6, 6.07) is 16.8. The Morgan fingerprint density at radius 2 is 1.41 bits per heavy atom. The molecule has 0 amide bonds. The van der Waals surface area contributed by atoms with Crippen LogP contribution in [0.25, 0.3) is 10.8 Å². The lowest BCUT2D eigenvalue weighted by Crippen LogP contribution is -1.95. The third kappa shape index (κ3) is 2.09. The van der Waals surface area contributed by atoms with Gasteiger partial charge in [-0.3, -0.25) is 0 Å². The van der Waals surface area contributed by atoms with E-state index in [4.69, 9.17) is 0 Å². The van der Waals surface area contributed by atoms with Crippen molar-refractivity contribution in [3.05, 3.63) is 79.0 Å². The average molecular weight is 220 g/mol. The van der Waals surface area contributed by atoms with E-state index < -0.39 is 0 Å².